The van der Waals surface area contributed by atoms with Gasteiger partial charge in [0, 0.05) is 25.2 Å². The van der Waals surface area contributed by atoms with Crippen LogP contribution in [0.4, 0.5) is 0 Å². The van der Waals surface area contributed by atoms with E-state index < -0.39 is 6.10 Å². The highest BCUT2D eigenvalue weighted by atomic mass is 16.6. The van der Waals surface area contributed by atoms with Gasteiger partial charge in [0.2, 0.25) is 5.88 Å². The zero-order chi connectivity index (χ0) is 15.4. The lowest BCUT2D eigenvalue weighted by molar-refractivity contribution is -0.157. The third-order valence-corrected chi connectivity index (χ3v) is 3.70. The smallest absolute Gasteiger partial charge is 0.254 e. The van der Waals surface area contributed by atoms with Crippen LogP contribution in [0.5, 0.6) is 5.88 Å². The Morgan fingerprint density at radius 3 is 3.05 bits per heavy atom. The van der Waals surface area contributed by atoms with Crippen molar-refractivity contribution in [3.8, 4) is 11.9 Å². The summed E-state index contributed by atoms with van der Waals surface area (Å²) in [6.07, 6.45) is 1.64. The van der Waals surface area contributed by atoms with Crippen molar-refractivity contribution < 1.29 is 19.0 Å². The Kier molecular flexibility index (Phi) is 4.51. The molecule has 0 spiro atoms. The first-order valence-electron chi connectivity index (χ1n) is 7.27. The molecule has 1 aromatic heterocycles. The van der Waals surface area contributed by atoms with E-state index in [0.717, 1.165) is 6.42 Å². The molecule has 7 nitrogen and oxygen atoms in total. The van der Waals surface area contributed by atoms with Crippen LogP contribution < -0.4 is 4.74 Å². The molecule has 2 unspecified atom stereocenters. The number of hydrogen-bond donors (Lipinski definition) is 0. The highest BCUT2D eigenvalue weighted by molar-refractivity contribution is 5.81. The van der Waals surface area contributed by atoms with E-state index in [2.05, 4.69) is 4.98 Å². The fraction of sp³-hybridized carbons (Fsp3) is 0.533. The molecule has 3 rings (SSSR count). The molecule has 3 heterocycles. The van der Waals surface area contributed by atoms with Crippen LogP contribution in [0.15, 0.2) is 18.3 Å². The van der Waals surface area contributed by atoms with Gasteiger partial charge in [-0.25, -0.2) is 4.98 Å². The maximum atomic E-state index is 12.3. The Morgan fingerprint density at radius 1 is 1.45 bits per heavy atom. The molecule has 7 heteroatoms. The molecule has 2 aliphatic rings. The Hall–Kier alpha value is -2.17. The summed E-state index contributed by atoms with van der Waals surface area (Å²) >= 11 is 0. The summed E-state index contributed by atoms with van der Waals surface area (Å²) in [5, 5.41) is 8.74. The van der Waals surface area contributed by atoms with E-state index in [1.54, 1.807) is 17.0 Å². The number of hydrogen-bond acceptors (Lipinski definition) is 6. The number of nitrogens with zero attached hydrogens (tertiary/aromatic N) is 3. The second-order valence-electron chi connectivity index (χ2n) is 5.24. The highest BCUT2D eigenvalue weighted by Crippen LogP contribution is 2.18. The van der Waals surface area contributed by atoms with Crippen molar-refractivity contribution in [2.45, 2.75) is 18.6 Å². The zero-order valence-electron chi connectivity index (χ0n) is 12.1. The number of ether oxygens (including phenoxy) is 3. The largest absolute Gasteiger partial charge is 0.472 e. The summed E-state index contributed by atoms with van der Waals surface area (Å²) in [5.41, 5.74) is 0.491. The van der Waals surface area contributed by atoms with Crippen LogP contribution in [0, 0.1) is 11.3 Å². The Labute approximate surface area is 128 Å². The molecule has 1 aromatic rings. The maximum Gasteiger partial charge on any atom is 0.254 e. The van der Waals surface area contributed by atoms with Crippen molar-refractivity contribution in [2.75, 3.05) is 32.9 Å². The van der Waals surface area contributed by atoms with Gasteiger partial charge in [-0.3, -0.25) is 4.79 Å². The number of carbonyl (C=O) groups is 1. The average Bonchev–Trinajstić information content (AvgIpc) is 3.04. The van der Waals surface area contributed by atoms with Crippen LogP contribution in [-0.2, 0) is 14.3 Å². The van der Waals surface area contributed by atoms with E-state index in [1.165, 1.54) is 6.20 Å². The quantitative estimate of drug-likeness (QED) is 0.801. The lowest BCUT2D eigenvalue weighted by Gasteiger charge is -2.26. The van der Waals surface area contributed by atoms with Crippen molar-refractivity contribution in [3.05, 3.63) is 23.9 Å². The van der Waals surface area contributed by atoms with Crippen molar-refractivity contribution in [2.24, 2.45) is 0 Å². The van der Waals surface area contributed by atoms with Gasteiger partial charge in [0.1, 0.15) is 12.2 Å². The van der Waals surface area contributed by atoms with E-state index in [-0.39, 0.29) is 12.0 Å². The lowest BCUT2D eigenvalue weighted by atomic mass is 10.3. The minimum absolute atomic E-state index is 0.0430. The molecule has 22 heavy (non-hydrogen) atoms. The van der Waals surface area contributed by atoms with Crippen LogP contribution >= 0.6 is 0 Å². The van der Waals surface area contributed by atoms with Gasteiger partial charge in [0.15, 0.2) is 6.10 Å². The number of nitriles is 1. The van der Waals surface area contributed by atoms with Crippen molar-refractivity contribution in [1.29, 1.82) is 5.26 Å². The predicted octanol–water partition coefficient (Wildman–Crippen LogP) is 0.348. The van der Waals surface area contributed by atoms with Gasteiger partial charge < -0.3 is 19.1 Å². The second kappa shape index (κ2) is 6.73. The molecule has 0 radical (unpaired) electrons. The first-order chi connectivity index (χ1) is 10.8. The molecular weight excluding hydrogens is 286 g/mol. The van der Waals surface area contributed by atoms with Crippen molar-refractivity contribution in [3.63, 3.8) is 0 Å². The monoisotopic (exact) mass is 303 g/mol. The summed E-state index contributed by atoms with van der Waals surface area (Å²) < 4.78 is 16.5. The van der Waals surface area contributed by atoms with Crippen LogP contribution in [0.3, 0.4) is 0 Å². The molecule has 0 saturated carbocycles. The Balaban J connectivity index is 1.53. The zero-order valence-corrected chi connectivity index (χ0v) is 12.1. The number of likely N-dealkylation sites (tertiary alicyclic amines) is 1. The average molecular weight is 303 g/mol. The second-order valence-corrected chi connectivity index (χ2v) is 5.24. The summed E-state index contributed by atoms with van der Waals surface area (Å²) in [5.74, 6) is 0.425. The number of pyridine rings is 1. The van der Waals surface area contributed by atoms with E-state index in [4.69, 9.17) is 19.5 Å². The third kappa shape index (κ3) is 3.35. The number of aromatic nitrogens is 1. The maximum absolute atomic E-state index is 12.3. The summed E-state index contributed by atoms with van der Waals surface area (Å²) in [4.78, 5) is 18.1. The molecule has 2 aliphatic heterocycles. The van der Waals surface area contributed by atoms with E-state index in [1.807, 2.05) is 6.07 Å². The fourth-order valence-corrected chi connectivity index (χ4v) is 2.55. The van der Waals surface area contributed by atoms with Crippen molar-refractivity contribution >= 4 is 5.91 Å². The lowest BCUT2D eigenvalue weighted by Crippen LogP contribution is -2.44. The molecular formula is C15H17N3O4. The molecule has 0 aromatic carbocycles. The van der Waals surface area contributed by atoms with E-state index in [0.29, 0.717) is 44.4 Å². The number of rotatable bonds is 3. The first kappa shape index (κ1) is 14.8. The van der Waals surface area contributed by atoms with Gasteiger partial charge in [0.25, 0.3) is 5.91 Å². The Morgan fingerprint density at radius 2 is 2.36 bits per heavy atom. The van der Waals surface area contributed by atoms with Crippen LogP contribution in [0.2, 0.25) is 0 Å². The summed E-state index contributed by atoms with van der Waals surface area (Å²) in [7, 11) is 0. The van der Waals surface area contributed by atoms with Gasteiger partial charge in [-0.05, 0) is 6.07 Å². The summed E-state index contributed by atoms with van der Waals surface area (Å²) in [6, 6.07) is 5.34. The molecule has 0 aliphatic carbocycles. The molecule has 1 amide bonds. The van der Waals surface area contributed by atoms with Gasteiger partial charge in [-0.2, -0.15) is 5.26 Å². The highest BCUT2D eigenvalue weighted by Gasteiger charge is 2.33. The van der Waals surface area contributed by atoms with Gasteiger partial charge in [0.05, 0.1) is 31.9 Å². The minimum atomic E-state index is -0.500. The molecule has 2 atom stereocenters. The van der Waals surface area contributed by atoms with E-state index in [9.17, 15) is 4.79 Å². The van der Waals surface area contributed by atoms with E-state index >= 15 is 0 Å². The molecule has 2 fully saturated rings. The van der Waals surface area contributed by atoms with Crippen LogP contribution in [0.25, 0.3) is 0 Å². The van der Waals surface area contributed by atoms with Crippen LogP contribution in [-0.4, -0.2) is 60.9 Å². The topological polar surface area (TPSA) is 84.7 Å². The molecule has 0 bridgehead atoms. The third-order valence-electron chi connectivity index (χ3n) is 3.70. The first-order valence-corrected chi connectivity index (χ1v) is 7.27. The van der Waals surface area contributed by atoms with Gasteiger partial charge in [-0.15, -0.1) is 0 Å². The normalized spacial score (nSPS) is 24.8. The SMILES string of the molecule is N#Cc1ccc(OC2CCN(C(=O)C3COCCO3)C2)nc1. The number of carbonyl (C=O) groups excluding carboxylic acids is 1. The minimum Gasteiger partial charge on any atom is -0.472 e. The molecule has 2 saturated heterocycles. The van der Waals surface area contributed by atoms with Gasteiger partial charge in [-0.1, -0.05) is 0 Å². The summed E-state index contributed by atoms with van der Waals surface area (Å²) in [6.45, 7) is 2.47. The Bertz CT molecular complexity index is 563. The molecule has 116 valence electrons. The standard InChI is InChI=1S/C15H17N3O4/c16-7-11-1-2-14(17-8-11)22-12-3-4-18(9-12)15(19)13-10-20-5-6-21-13/h1-2,8,12-13H,3-6,9-10H2. The van der Waals surface area contributed by atoms with Crippen molar-refractivity contribution in [1.82, 2.24) is 9.88 Å². The predicted molar refractivity (Wildman–Crippen MR) is 75.1 cm³/mol. The number of amides is 1. The van der Waals surface area contributed by atoms with Gasteiger partial charge >= 0.3 is 0 Å². The van der Waals surface area contributed by atoms with Crippen LogP contribution in [0.1, 0.15) is 12.0 Å². The fourth-order valence-electron chi connectivity index (χ4n) is 2.55. The molecule has 0 N–H and O–H groups in total.